The van der Waals surface area contributed by atoms with Crippen LogP contribution in [0.15, 0.2) is 24.3 Å². The van der Waals surface area contributed by atoms with E-state index in [1.807, 2.05) is 19.1 Å². The molecule has 0 saturated carbocycles. The average Bonchev–Trinajstić information content (AvgIpc) is 2.42. The maximum atomic E-state index is 5.52. The van der Waals surface area contributed by atoms with E-state index in [4.69, 9.17) is 18.9 Å². The van der Waals surface area contributed by atoms with Crippen LogP contribution < -0.4 is 9.47 Å². The molecule has 99 valence electrons. The fourth-order valence-electron chi connectivity index (χ4n) is 1.40. The van der Waals surface area contributed by atoms with Crippen LogP contribution in [-0.4, -0.2) is 27.8 Å². The highest BCUT2D eigenvalue weighted by Crippen LogP contribution is 2.30. The lowest BCUT2D eigenvalue weighted by atomic mass is 10.1. The fourth-order valence-corrected chi connectivity index (χ4v) is 1.40. The summed E-state index contributed by atoms with van der Waals surface area (Å²) in [6.45, 7) is 6.11. The second-order valence-electron chi connectivity index (χ2n) is 3.65. The minimum Gasteiger partial charge on any atom is -0.467 e. The van der Waals surface area contributed by atoms with Gasteiger partial charge in [-0.05, 0) is 31.6 Å². The molecule has 1 rings (SSSR count). The lowest BCUT2D eigenvalue weighted by molar-refractivity contribution is 0.0459. The molecular weight excluding hydrogens is 232 g/mol. The topological polar surface area (TPSA) is 36.9 Å². The van der Waals surface area contributed by atoms with Gasteiger partial charge in [0.05, 0.1) is 0 Å². The van der Waals surface area contributed by atoms with Crippen molar-refractivity contribution in [2.75, 3.05) is 27.8 Å². The molecule has 0 unspecified atom stereocenters. The van der Waals surface area contributed by atoms with Gasteiger partial charge in [0.2, 0.25) is 0 Å². The Morgan fingerprint density at radius 2 is 1.83 bits per heavy atom. The zero-order valence-corrected chi connectivity index (χ0v) is 11.1. The third kappa shape index (κ3) is 4.05. The van der Waals surface area contributed by atoms with Crippen LogP contribution in [0.25, 0.3) is 5.57 Å². The van der Waals surface area contributed by atoms with E-state index in [1.165, 1.54) is 0 Å². The Morgan fingerprint density at radius 1 is 1.17 bits per heavy atom. The zero-order valence-electron chi connectivity index (χ0n) is 11.1. The summed E-state index contributed by atoms with van der Waals surface area (Å²) in [5, 5.41) is 0. The number of allylic oxidation sites excluding steroid dienone is 2. The van der Waals surface area contributed by atoms with Crippen LogP contribution in [0.3, 0.4) is 0 Å². The van der Waals surface area contributed by atoms with Crippen molar-refractivity contribution < 1.29 is 18.9 Å². The Bertz CT molecular complexity index is 399. The van der Waals surface area contributed by atoms with Gasteiger partial charge < -0.3 is 18.9 Å². The first kappa shape index (κ1) is 14.5. The van der Waals surface area contributed by atoms with Crippen LogP contribution >= 0.6 is 0 Å². The highest BCUT2D eigenvalue weighted by atomic mass is 16.7. The van der Waals surface area contributed by atoms with Crippen LogP contribution in [0.4, 0.5) is 0 Å². The van der Waals surface area contributed by atoms with Gasteiger partial charge in [0.1, 0.15) is 11.5 Å². The second-order valence-corrected chi connectivity index (χ2v) is 3.65. The molecule has 0 heterocycles. The number of hydrogen-bond donors (Lipinski definition) is 0. The Hall–Kier alpha value is -1.52. The van der Waals surface area contributed by atoms with Crippen molar-refractivity contribution in [3.8, 4) is 11.5 Å². The number of hydrogen-bond acceptors (Lipinski definition) is 4. The van der Waals surface area contributed by atoms with Gasteiger partial charge >= 0.3 is 0 Å². The van der Waals surface area contributed by atoms with Crippen molar-refractivity contribution in [1.82, 2.24) is 0 Å². The molecule has 18 heavy (non-hydrogen) atoms. The van der Waals surface area contributed by atoms with Crippen molar-refractivity contribution >= 4 is 5.57 Å². The molecule has 0 aromatic heterocycles. The molecule has 0 N–H and O–H groups in total. The molecule has 0 fully saturated rings. The molecule has 0 saturated heterocycles. The largest absolute Gasteiger partial charge is 0.467 e. The predicted molar refractivity (Wildman–Crippen MR) is 70.5 cm³/mol. The van der Waals surface area contributed by atoms with E-state index in [2.05, 4.69) is 6.92 Å². The van der Waals surface area contributed by atoms with E-state index in [0.717, 1.165) is 11.1 Å². The van der Waals surface area contributed by atoms with Gasteiger partial charge in [-0.1, -0.05) is 6.08 Å². The minimum absolute atomic E-state index is 0.186. The van der Waals surface area contributed by atoms with Gasteiger partial charge in [0.25, 0.3) is 0 Å². The lowest BCUT2D eigenvalue weighted by Crippen LogP contribution is -2.03. The van der Waals surface area contributed by atoms with Crippen molar-refractivity contribution in [3.63, 3.8) is 0 Å². The van der Waals surface area contributed by atoms with Gasteiger partial charge in [0, 0.05) is 25.8 Å². The number of methoxy groups -OCH3 is 2. The molecule has 0 aliphatic carbocycles. The third-order valence-corrected chi connectivity index (χ3v) is 2.36. The summed E-state index contributed by atoms with van der Waals surface area (Å²) >= 11 is 0. The number of ether oxygens (including phenoxy) is 4. The zero-order chi connectivity index (χ0) is 13.4. The maximum absolute atomic E-state index is 5.52. The Morgan fingerprint density at radius 3 is 2.44 bits per heavy atom. The first-order valence-electron chi connectivity index (χ1n) is 5.56. The van der Waals surface area contributed by atoms with Crippen LogP contribution in [0.2, 0.25) is 0 Å². The fraction of sp³-hybridized carbons (Fsp3) is 0.357. The van der Waals surface area contributed by atoms with Crippen LogP contribution in [0.5, 0.6) is 11.5 Å². The third-order valence-electron chi connectivity index (χ3n) is 2.36. The molecule has 0 bridgehead atoms. The normalized spacial score (nSPS) is 11.4. The molecule has 0 spiro atoms. The molecule has 1 aromatic carbocycles. The Kier molecular flexibility index (Phi) is 6.25. The summed E-state index contributed by atoms with van der Waals surface area (Å²) in [4.78, 5) is 0. The summed E-state index contributed by atoms with van der Waals surface area (Å²) < 4.78 is 20.7. The molecule has 0 aliphatic rings. The van der Waals surface area contributed by atoms with Gasteiger partial charge in [-0.2, -0.15) is 0 Å². The first-order valence-corrected chi connectivity index (χ1v) is 5.56. The van der Waals surface area contributed by atoms with E-state index < -0.39 is 0 Å². The van der Waals surface area contributed by atoms with E-state index in [0.29, 0.717) is 11.5 Å². The molecule has 4 heteroatoms. The van der Waals surface area contributed by atoms with Crippen LogP contribution in [0.1, 0.15) is 12.5 Å². The molecule has 0 atom stereocenters. The second kappa shape index (κ2) is 7.74. The Balaban J connectivity index is 2.96. The highest BCUT2D eigenvalue weighted by Gasteiger charge is 2.07. The van der Waals surface area contributed by atoms with Crippen LogP contribution in [0, 0.1) is 6.92 Å². The van der Waals surface area contributed by atoms with E-state index in [1.54, 1.807) is 26.4 Å². The summed E-state index contributed by atoms with van der Waals surface area (Å²) in [5.41, 5.74) is 1.99. The first-order chi connectivity index (χ1) is 8.72. The summed E-state index contributed by atoms with van der Waals surface area (Å²) in [6, 6.07) is 5.59. The van der Waals surface area contributed by atoms with E-state index in [-0.39, 0.29) is 13.6 Å². The van der Waals surface area contributed by atoms with Crippen molar-refractivity contribution in [3.05, 3.63) is 36.8 Å². The molecule has 0 aliphatic heterocycles. The number of benzene rings is 1. The maximum Gasteiger partial charge on any atom is 0.188 e. The van der Waals surface area contributed by atoms with Gasteiger partial charge in [-0.3, -0.25) is 0 Å². The molecule has 0 amide bonds. The summed E-state index contributed by atoms with van der Waals surface area (Å²) in [6.07, 6.45) is 1.78. The lowest BCUT2D eigenvalue weighted by Gasteiger charge is -2.13. The predicted octanol–water partition coefficient (Wildman–Crippen LogP) is 2.89. The SMILES string of the molecule is [CH2]C=C(C)c1ccc(OCOC)cc1OCOC. The smallest absolute Gasteiger partial charge is 0.188 e. The van der Waals surface area contributed by atoms with Gasteiger partial charge in [-0.25, -0.2) is 0 Å². The molecule has 1 aromatic rings. The molecule has 1 radical (unpaired) electrons. The van der Waals surface area contributed by atoms with E-state index in [9.17, 15) is 0 Å². The summed E-state index contributed by atoms with van der Waals surface area (Å²) in [7, 11) is 3.15. The van der Waals surface area contributed by atoms with Crippen molar-refractivity contribution in [2.45, 2.75) is 6.92 Å². The van der Waals surface area contributed by atoms with Crippen LogP contribution in [-0.2, 0) is 9.47 Å². The van der Waals surface area contributed by atoms with E-state index >= 15 is 0 Å². The van der Waals surface area contributed by atoms with Crippen molar-refractivity contribution in [1.29, 1.82) is 0 Å². The van der Waals surface area contributed by atoms with Gasteiger partial charge in [0.15, 0.2) is 13.6 Å². The Labute approximate surface area is 108 Å². The molecule has 4 nitrogen and oxygen atoms in total. The summed E-state index contributed by atoms with van der Waals surface area (Å²) in [5.74, 6) is 1.38. The number of rotatable bonds is 7. The van der Waals surface area contributed by atoms with Gasteiger partial charge in [-0.15, -0.1) is 0 Å². The van der Waals surface area contributed by atoms with Crippen molar-refractivity contribution in [2.24, 2.45) is 0 Å². The monoisotopic (exact) mass is 251 g/mol. The highest BCUT2D eigenvalue weighted by molar-refractivity contribution is 5.70. The minimum atomic E-state index is 0.186. The standard InChI is InChI=1S/C14H19O4/c1-5-11(2)13-7-6-12(17-9-15-3)8-14(13)18-10-16-4/h5-8H,1,9-10H2,2-4H3. The quantitative estimate of drug-likeness (QED) is 0.698. The average molecular weight is 251 g/mol. The molecular formula is C14H19O4.